The zero-order valence-corrected chi connectivity index (χ0v) is 14.0. The molecule has 8 nitrogen and oxygen atoms in total. The van der Waals surface area contributed by atoms with Crippen LogP contribution in [0.1, 0.15) is 10.6 Å². The first-order valence-corrected chi connectivity index (χ1v) is 8.59. The fraction of sp³-hybridized carbons (Fsp3) is 0.385. The maximum atomic E-state index is 12.0. The second-order valence-electron chi connectivity index (χ2n) is 4.85. The SMILES string of the molecule is COC(=O)Nc1nc2c(s1)CN(CC(=O)Nc1nccs1)CC2. The minimum Gasteiger partial charge on any atom is -0.453 e. The third-order valence-corrected chi connectivity index (χ3v) is 4.94. The average molecular weight is 353 g/mol. The smallest absolute Gasteiger partial charge is 0.413 e. The number of hydrogen-bond acceptors (Lipinski definition) is 8. The fourth-order valence-corrected chi connectivity index (χ4v) is 3.80. The lowest BCUT2D eigenvalue weighted by atomic mass is 10.2. The number of amides is 2. The molecule has 0 atom stereocenters. The number of methoxy groups -OCH3 is 1. The molecule has 2 aromatic heterocycles. The predicted octanol–water partition coefficient (Wildman–Crippen LogP) is 1.77. The summed E-state index contributed by atoms with van der Waals surface area (Å²) in [5.74, 6) is -0.0826. The zero-order valence-electron chi connectivity index (χ0n) is 12.4. The summed E-state index contributed by atoms with van der Waals surface area (Å²) in [5.41, 5.74) is 0.970. The number of hydrogen-bond donors (Lipinski definition) is 2. The fourth-order valence-electron chi connectivity index (χ4n) is 2.22. The van der Waals surface area contributed by atoms with Crippen LogP contribution in [0.5, 0.6) is 0 Å². The minimum absolute atomic E-state index is 0.0826. The first kappa shape index (κ1) is 15.8. The zero-order chi connectivity index (χ0) is 16.2. The highest BCUT2D eigenvalue weighted by atomic mass is 32.1. The van der Waals surface area contributed by atoms with Gasteiger partial charge in [0.15, 0.2) is 10.3 Å². The number of nitrogens with zero attached hydrogens (tertiary/aromatic N) is 3. The molecule has 1 aliphatic heterocycles. The Balaban J connectivity index is 1.57. The molecule has 23 heavy (non-hydrogen) atoms. The second kappa shape index (κ2) is 7.02. The number of thiazole rings is 2. The van der Waals surface area contributed by atoms with Crippen LogP contribution in [0.2, 0.25) is 0 Å². The van der Waals surface area contributed by atoms with Gasteiger partial charge in [-0.2, -0.15) is 0 Å². The van der Waals surface area contributed by atoms with E-state index in [0.717, 1.165) is 23.5 Å². The number of ether oxygens (including phenoxy) is 1. The van der Waals surface area contributed by atoms with Gasteiger partial charge in [0.25, 0.3) is 0 Å². The molecule has 3 rings (SSSR count). The lowest BCUT2D eigenvalue weighted by Crippen LogP contribution is -2.36. The molecule has 0 radical (unpaired) electrons. The molecular formula is C13H15N5O3S2. The molecule has 3 heterocycles. The summed E-state index contributed by atoms with van der Waals surface area (Å²) >= 11 is 2.80. The predicted molar refractivity (Wildman–Crippen MR) is 87.9 cm³/mol. The van der Waals surface area contributed by atoms with Gasteiger partial charge in [-0.05, 0) is 0 Å². The summed E-state index contributed by atoms with van der Waals surface area (Å²) in [4.78, 5) is 34.8. The molecule has 0 aromatic carbocycles. The number of rotatable bonds is 4. The highest BCUT2D eigenvalue weighted by molar-refractivity contribution is 7.15. The molecule has 0 saturated carbocycles. The lowest BCUT2D eigenvalue weighted by Gasteiger charge is -2.24. The maximum absolute atomic E-state index is 12.0. The normalized spacial score (nSPS) is 14.1. The number of anilines is 2. The van der Waals surface area contributed by atoms with Crippen molar-refractivity contribution < 1.29 is 14.3 Å². The topological polar surface area (TPSA) is 96.5 Å². The van der Waals surface area contributed by atoms with Crippen LogP contribution in [-0.4, -0.2) is 47.1 Å². The largest absolute Gasteiger partial charge is 0.453 e. The van der Waals surface area contributed by atoms with Crippen molar-refractivity contribution >= 4 is 44.9 Å². The van der Waals surface area contributed by atoms with Gasteiger partial charge in [-0.25, -0.2) is 14.8 Å². The molecule has 0 unspecified atom stereocenters. The molecule has 0 spiro atoms. The van der Waals surface area contributed by atoms with Gasteiger partial charge in [-0.3, -0.25) is 15.0 Å². The van der Waals surface area contributed by atoms with Crippen LogP contribution in [0.25, 0.3) is 0 Å². The molecule has 2 amide bonds. The maximum Gasteiger partial charge on any atom is 0.413 e. The van der Waals surface area contributed by atoms with Crippen LogP contribution < -0.4 is 10.6 Å². The van der Waals surface area contributed by atoms with Gasteiger partial charge in [0.1, 0.15) is 0 Å². The highest BCUT2D eigenvalue weighted by Crippen LogP contribution is 2.28. The summed E-state index contributed by atoms with van der Waals surface area (Å²) < 4.78 is 4.56. The number of nitrogens with one attached hydrogen (secondary N) is 2. The van der Waals surface area contributed by atoms with E-state index in [9.17, 15) is 9.59 Å². The van der Waals surface area contributed by atoms with E-state index in [1.165, 1.54) is 29.8 Å². The van der Waals surface area contributed by atoms with E-state index < -0.39 is 6.09 Å². The Labute approximate surface area is 140 Å². The number of fused-ring (bicyclic) bond motifs is 1. The first-order chi connectivity index (χ1) is 11.1. The second-order valence-corrected chi connectivity index (χ2v) is 6.83. The molecule has 10 heteroatoms. The molecule has 1 aliphatic rings. The lowest BCUT2D eigenvalue weighted by molar-refractivity contribution is -0.117. The Morgan fingerprint density at radius 1 is 1.39 bits per heavy atom. The van der Waals surface area contributed by atoms with Gasteiger partial charge in [0.05, 0.1) is 19.3 Å². The van der Waals surface area contributed by atoms with Gasteiger partial charge >= 0.3 is 6.09 Å². The average Bonchev–Trinajstić information content (AvgIpc) is 3.15. The standard InChI is InChI=1S/C13H15N5O3S2/c1-21-13(20)17-12-15-8-2-4-18(6-9(8)23-12)7-10(19)16-11-14-3-5-22-11/h3,5H,2,4,6-7H2,1H3,(H,14,16,19)(H,15,17,20). The van der Waals surface area contributed by atoms with Crippen molar-refractivity contribution in [2.75, 3.05) is 30.8 Å². The van der Waals surface area contributed by atoms with E-state index >= 15 is 0 Å². The number of carbonyl (C=O) groups is 2. The van der Waals surface area contributed by atoms with Crippen LogP contribution in [0.3, 0.4) is 0 Å². The van der Waals surface area contributed by atoms with Crippen molar-refractivity contribution in [1.82, 2.24) is 14.9 Å². The minimum atomic E-state index is -0.532. The molecule has 0 saturated heterocycles. The van der Waals surface area contributed by atoms with Crippen molar-refractivity contribution in [3.63, 3.8) is 0 Å². The van der Waals surface area contributed by atoms with Gasteiger partial charge in [-0.1, -0.05) is 11.3 Å². The highest BCUT2D eigenvalue weighted by Gasteiger charge is 2.23. The van der Waals surface area contributed by atoms with Crippen LogP contribution >= 0.6 is 22.7 Å². The van der Waals surface area contributed by atoms with Crippen molar-refractivity contribution in [1.29, 1.82) is 0 Å². The third-order valence-electron chi connectivity index (χ3n) is 3.25. The third kappa shape index (κ3) is 4.03. The van der Waals surface area contributed by atoms with E-state index in [0.29, 0.717) is 23.4 Å². The summed E-state index contributed by atoms with van der Waals surface area (Å²) in [6, 6.07) is 0. The van der Waals surface area contributed by atoms with E-state index in [-0.39, 0.29) is 5.91 Å². The summed E-state index contributed by atoms with van der Waals surface area (Å²) in [5, 5.41) is 8.29. The summed E-state index contributed by atoms with van der Waals surface area (Å²) in [6.45, 7) is 1.69. The van der Waals surface area contributed by atoms with E-state index in [1.54, 1.807) is 6.20 Å². The Hall–Kier alpha value is -2.04. The van der Waals surface area contributed by atoms with Crippen molar-refractivity contribution in [3.8, 4) is 0 Å². The monoisotopic (exact) mass is 353 g/mol. The van der Waals surface area contributed by atoms with Crippen molar-refractivity contribution in [2.24, 2.45) is 0 Å². The van der Waals surface area contributed by atoms with Crippen molar-refractivity contribution in [2.45, 2.75) is 13.0 Å². The van der Waals surface area contributed by atoms with Gasteiger partial charge in [-0.15, -0.1) is 11.3 Å². The first-order valence-electron chi connectivity index (χ1n) is 6.89. The summed E-state index contributed by atoms with van der Waals surface area (Å²) in [7, 11) is 1.31. The molecular weight excluding hydrogens is 338 g/mol. The molecule has 2 aromatic rings. The Kier molecular flexibility index (Phi) is 4.84. The van der Waals surface area contributed by atoms with E-state index in [2.05, 4.69) is 25.3 Å². The van der Waals surface area contributed by atoms with Crippen molar-refractivity contribution in [3.05, 3.63) is 22.1 Å². The van der Waals surface area contributed by atoms with E-state index in [4.69, 9.17) is 0 Å². The van der Waals surface area contributed by atoms with Gasteiger partial charge in [0.2, 0.25) is 5.91 Å². The van der Waals surface area contributed by atoms with Crippen LogP contribution in [0, 0.1) is 0 Å². The molecule has 0 bridgehead atoms. The van der Waals surface area contributed by atoms with Gasteiger partial charge in [0, 0.05) is 36.0 Å². The van der Waals surface area contributed by atoms with Crippen LogP contribution in [0.4, 0.5) is 15.1 Å². The molecule has 2 N–H and O–H groups in total. The van der Waals surface area contributed by atoms with E-state index in [1.807, 2.05) is 10.3 Å². The molecule has 0 aliphatic carbocycles. The Bertz CT molecular complexity index is 701. The Morgan fingerprint density at radius 3 is 3.00 bits per heavy atom. The number of aromatic nitrogens is 2. The summed E-state index contributed by atoms with van der Waals surface area (Å²) in [6.07, 6.45) is 1.87. The Morgan fingerprint density at radius 2 is 2.26 bits per heavy atom. The molecule has 0 fully saturated rings. The van der Waals surface area contributed by atoms with Crippen LogP contribution in [-0.2, 0) is 22.5 Å². The van der Waals surface area contributed by atoms with Gasteiger partial charge < -0.3 is 10.1 Å². The number of carbonyl (C=O) groups excluding carboxylic acids is 2. The molecule has 122 valence electrons. The quantitative estimate of drug-likeness (QED) is 0.870. The van der Waals surface area contributed by atoms with Crippen LogP contribution in [0.15, 0.2) is 11.6 Å².